The summed E-state index contributed by atoms with van der Waals surface area (Å²) in [6.45, 7) is 22.5. The molecule has 6 aromatic rings. The number of nitrogens with two attached hydrogens (primary N) is 1. The minimum Gasteiger partial charge on any atom is -0.508 e. The van der Waals surface area contributed by atoms with Gasteiger partial charge >= 0.3 is 6.01 Å². The Morgan fingerprint density at radius 1 is 0.897 bits per heavy atom. The van der Waals surface area contributed by atoms with Gasteiger partial charge in [0.2, 0.25) is 18.3 Å². The highest BCUT2D eigenvalue weighted by Gasteiger charge is 2.37. The van der Waals surface area contributed by atoms with Crippen LogP contribution in [0.2, 0.25) is 5.02 Å². The fraction of sp³-hybridized carbons (Fsp3) is 0.404. The van der Waals surface area contributed by atoms with Gasteiger partial charge in [-0.15, -0.1) is 10.2 Å². The Morgan fingerprint density at radius 2 is 1.64 bits per heavy atom. The second-order valence-electron chi connectivity index (χ2n) is 20.7. The zero-order valence-corrected chi connectivity index (χ0v) is 44.6. The third-order valence-corrected chi connectivity index (χ3v) is 15.8. The molecule has 0 unspecified atom stereocenters. The Labute approximate surface area is 457 Å². The summed E-state index contributed by atoms with van der Waals surface area (Å²) < 4.78 is 22.0. The van der Waals surface area contributed by atoms with Gasteiger partial charge in [-0.1, -0.05) is 68.4 Å². The average molecular weight is 1080 g/mol. The maximum atomic E-state index is 14.1. The molecule has 0 radical (unpaired) electrons. The van der Waals surface area contributed by atoms with Gasteiger partial charge in [0.05, 0.1) is 22.8 Å². The Hall–Kier alpha value is -7.86. The Morgan fingerprint density at radius 3 is 2.35 bits per heavy atom. The zero-order chi connectivity index (χ0) is 54.8. The molecule has 1 atom stereocenters. The van der Waals surface area contributed by atoms with Gasteiger partial charge in [-0.05, 0) is 85.1 Å². The summed E-state index contributed by atoms with van der Waals surface area (Å²) in [5.74, 6) is -1.98. The summed E-state index contributed by atoms with van der Waals surface area (Å²) >= 11 is 6.78. The van der Waals surface area contributed by atoms with E-state index >= 15 is 0 Å². The smallest absolute Gasteiger partial charge is 0.318 e. The third kappa shape index (κ3) is 11.1. The van der Waals surface area contributed by atoms with E-state index in [9.17, 15) is 29.0 Å². The van der Waals surface area contributed by atoms with Crippen LogP contribution in [0.25, 0.3) is 32.7 Å². The Balaban J connectivity index is 0.741. The quantitative estimate of drug-likeness (QED) is 0.0734. The molecule has 3 saturated heterocycles. The molecule has 10 rings (SSSR count). The maximum Gasteiger partial charge on any atom is 0.318 e. The molecule has 0 spiro atoms. The van der Waals surface area contributed by atoms with Crippen molar-refractivity contribution >= 4 is 51.6 Å². The number of phenols is 2. The van der Waals surface area contributed by atoms with Gasteiger partial charge in [0.25, 0.3) is 11.8 Å². The van der Waals surface area contributed by atoms with Crippen LogP contribution in [0.5, 0.6) is 17.5 Å². The van der Waals surface area contributed by atoms with E-state index in [1.54, 1.807) is 6.07 Å². The monoisotopic (exact) mass is 1080 g/mol. The van der Waals surface area contributed by atoms with Crippen LogP contribution >= 0.6 is 11.6 Å². The third-order valence-electron chi connectivity index (χ3n) is 15.5. The average Bonchev–Trinajstić information content (AvgIpc) is 4.07. The van der Waals surface area contributed by atoms with Gasteiger partial charge in [0.1, 0.15) is 30.0 Å². The topological polar surface area (TPSA) is 207 Å². The largest absolute Gasteiger partial charge is 0.508 e. The van der Waals surface area contributed by atoms with Crippen molar-refractivity contribution in [3.8, 4) is 34.6 Å². The lowest BCUT2D eigenvalue weighted by molar-refractivity contribution is -0.139. The number of ether oxygens (including phenoxy) is 1. The number of rotatable bonds is 15. The first-order valence-electron chi connectivity index (χ1n) is 26.5. The number of phenolic OH excluding ortho intramolecular Hbond substituents is 2. The van der Waals surface area contributed by atoms with Gasteiger partial charge in [0, 0.05) is 99.8 Å². The van der Waals surface area contributed by atoms with Crippen molar-refractivity contribution in [3.63, 3.8) is 0 Å². The highest BCUT2D eigenvalue weighted by Crippen LogP contribution is 2.40. The molecule has 3 fully saturated rings. The van der Waals surface area contributed by atoms with Gasteiger partial charge in [-0.2, -0.15) is 9.97 Å². The van der Waals surface area contributed by atoms with E-state index in [0.717, 1.165) is 59.2 Å². The number of halogens is 2. The number of hydrogen-bond donors (Lipinski definition) is 3. The number of nitrogens with zero attached hydrogens (tertiary/aromatic N) is 12. The number of fused-ring (bicyclic) bond motifs is 2. The number of piperazine rings is 2. The van der Waals surface area contributed by atoms with Crippen molar-refractivity contribution in [1.29, 1.82) is 0 Å². The molecule has 4 aromatic carbocycles. The number of carbonyl (C=O) groups excluding carboxylic acids is 3. The fourth-order valence-corrected chi connectivity index (χ4v) is 11.6. The second-order valence-corrected chi connectivity index (χ2v) is 21.2. The fourth-order valence-electron chi connectivity index (χ4n) is 11.4. The minimum absolute atomic E-state index is 0.00815. The second kappa shape index (κ2) is 23.0. The number of primary amides is 1. The first-order chi connectivity index (χ1) is 37.6. The highest BCUT2D eigenvalue weighted by molar-refractivity contribution is 6.36. The minimum atomic E-state index is -1.05. The summed E-state index contributed by atoms with van der Waals surface area (Å²) in [4.78, 5) is 65.0. The van der Waals surface area contributed by atoms with Crippen molar-refractivity contribution in [2.24, 2.45) is 11.7 Å². The molecule has 19 nitrogen and oxygen atoms in total. The molecule has 78 heavy (non-hydrogen) atoms. The van der Waals surface area contributed by atoms with Gasteiger partial charge in [-0.3, -0.25) is 28.8 Å². The lowest BCUT2D eigenvalue weighted by Crippen LogP contribution is -2.57. The molecular weight excluding hydrogens is 1020 g/mol. The van der Waals surface area contributed by atoms with E-state index in [1.807, 2.05) is 73.3 Å². The molecule has 4 aliphatic heterocycles. The number of piperidine rings is 1. The molecule has 4 aliphatic rings. The molecule has 3 amide bonds. The van der Waals surface area contributed by atoms with Crippen LogP contribution in [-0.2, 0) is 29.1 Å². The van der Waals surface area contributed by atoms with Crippen LogP contribution in [0, 0.1) is 12.5 Å². The number of aromatic nitrogens is 5. The lowest BCUT2D eigenvalue weighted by atomic mass is 9.94. The summed E-state index contributed by atoms with van der Waals surface area (Å²) in [5.41, 5.74) is 11.0. The molecule has 0 bridgehead atoms. The van der Waals surface area contributed by atoms with E-state index in [1.165, 1.54) is 15.5 Å². The summed E-state index contributed by atoms with van der Waals surface area (Å²) in [6, 6.07) is 22.3. The summed E-state index contributed by atoms with van der Waals surface area (Å²) in [7, 11) is 0. The molecule has 4 N–H and O–H groups in total. The molecule has 406 valence electrons. The van der Waals surface area contributed by atoms with Crippen LogP contribution in [0.15, 0.2) is 85.2 Å². The lowest BCUT2D eigenvalue weighted by Gasteiger charge is -2.41. The van der Waals surface area contributed by atoms with Crippen molar-refractivity contribution in [3.05, 3.63) is 130 Å². The standard InChI is InChI=1S/C57H63ClFN13O6/c1-35(2)43-29-44(49(74)30-48(43)73)53-64-65-54(51(60)75)72(53)40-13-11-37(12-14-40)32-67-18-15-39(16-19-67)56(77)68-23-21-66(22-24-68)27-28-78-57-62-46-34-69(47-10-6-8-38-7-5-9-45(58)50(38)47)20-17-42(46)52(63-57)70-25-26-71(55(76)36(3)59)41(33-70)31-61-4/h5-14,29-30,35,39,41,73-74H,3,15-28,31-34H2,1-2H3,(H2,60,75)/t41-/m0/s1. The number of aromatic hydroxyl groups is 2. The predicted octanol–water partition coefficient (Wildman–Crippen LogP) is 6.58. The number of benzene rings is 4. The molecule has 6 heterocycles. The predicted molar refractivity (Wildman–Crippen MR) is 294 cm³/mol. The van der Waals surface area contributed by atoms with E-state index < -0.39 is 23.7 Å². The number of hydrogen-bond acceptors (Lipinski definition) is 14. The number of anilines is 2. The van der Waals surface area contributed by atoms with E-state index in [4.69, 9.17) is 38.6 Å². The maximum absolute atomic E-state index is 14.1. The van der Waals surface area contributed by atoms with Crippen molar-refractivity contribution < 1.29 is 33.7 Å². The van der Waals surface area contributed by atoms with Gasteiger partial charge in [0.15, 0.2) is 11.7 Å². The molecule has 21 heteroatoms. The Kier molecular flexibility index (Phi) is 15.8. The number of carbonyl (C=O) groups is 3. The first-order valence-corrected chi connectivity index (χ1v) is 26.9. The molecule has 2 aromatic heterocycles. The Bertz CT molecular complexity index is 3290. The van der Waals surface area contributed by atoms with Crippen LogP contribution in [-0.4, -0.2) is 163 Å². The first kappa shape index (κ1) is 53.5. The van der Waals surface area contributed by atoms with Gasteiger partial charge in [-0.25, -0.2) is 11.0 Å². The van der Waals surface area contributed by atoms with Crippen molar-refractivity contribution in [2.45, 2.75) is 58.2 Å². The molecule has 0 aliphatic carbocycles. The summed E-state index contributed by atoms with van der Waals surface area (Å²) in [5, 5.41) is 32.2. The van der Waals surface area contributed by atoms with Crippen LogP contribution < -0.4 is 20.3 Å². The normalized spacial score (nSPS) is 17.6. The van der Waals surface area contributed by atoms with Crippen LogP contribution in [0.1, 0.15) is 65.6 Å². The number of amides is 3. The van der Waals surface area contributed by atoms with E-state index in [0.29, 0.717) is 99.6 Å². The molecule has 0 saturated carbocycles. The zero-order valence-electron chi connectivity index (χ0n) is 43.8. The van der Waals surface area contributed by atoms with Gasteiger partial charge < -0.3 is 45.1 Å². The van der Waals surface area contributed by atoms with Crippen molar-refractivity contribution in [1.82, 2.24) is 44.3 Å². The van der Waals surface area contributed by atoms with E-state index in [2.05, 4.69) is 47.3 Å². The SMILES string of the molecule is [C-]#[N+]C[C@H]1CN(c2nc(OCCN3CCN(C(=O)C4CCN(Cc5ccc(-n6c(C(N)=O)nnc6-c6cc(C(C)C)c(O)cc6O)cc5)CC4)CC3)nc3c2CCN(c2cccc4cccc(Cl)c24)C3)CCN1C(=O)C(=C)F. The molecular formula is C57H63ClFN13O6. The number of likely N-dealkylation sites (tertiary alicyclic amines) is 1. The van der Waals surface area contributed by atoms with E-state index in [-0.39, 0.29) is 66.5 Å². The van der Waals surface area contributed by atoms with Crippen LogP contribution in [0.3, 0.4) is 0 Å². The summed E-state index contributed by atoms with van der Waals surface area (Å²) in [6.07, 6.45) is 2.14. The highest BCUT2D eigenvalue weighted by atomic mass is 35.5. The van der Waals surface area contributed by atoms with Crippen molar-refractivity contribution in [2.75, 3.05) is 94.9 Å². The van der Waals surface area contributed by atoms with Crippen LogP contribution in [0.4, 0.5) is 15.9 Å².